The highest BCUT2D eigenvalue weighted by molar-refractivity contribution is 4.84. The van der Waals surface area contributed by atoms with Crippen molar-refractivity contribution < 1.29 is 0 Å². The van der Waals surface area contributed by atoms with Crippen molar-refractivity contribution in [1.29, 1.82) is 0 Å². The van der Waals surface area contributed by atoms with E-state index in [2.05, 4.69) is 23.7 Å². The van der Waals surface area contributed by atoms with Gasteiger partial charge in [-0.25, -0.2) is 0 Å². The summed E-state index contributed by atoms with van der Waals surface area (Å²) in [6, 6.07) is 0.744. The summed E-state index contributed by atoms with van der Waals surface area (Å²) in [4.78, 5) is 2.55. The second-order valence-corrected chi connectivity index (χ2v) is 4.14. The van der Waals surface area contributed by atoms with E-state index < -0.39 is 0 Å². The molecule has 0 aromatic carbocycles. The van der Waals surface area contributed by atoms with Gasteiger partial charge in [0.1, 0.15) is 0 Å². The molecule has 2 nitrogen and oxygen atoms in total. The molecule has 0 aliphatic carbocycles. The van der Waals surface area contributed by atoms with Gasteiger partial charge in [-0.3, -0.25) is 4.90 Å². The van der Waals surface area contributed by atoms with Crippen molar-refractivity contribution >= 4 is 0 Å². The van der Waals surface area contributed by atoms with Crippen LogP contribution in [-0.2, 0) is 0 Å². The molecule has 0 saturated carbocycles. The average Bonchev–Trinajstić information content (AvgIpc) is 2.21. The molecule has 1 heterocycles. The van der Waals surface area contributed by atoms with Gasteiger partial charge in [-0.15, -0.1) is 6.58 Å². The van der Waals surface area contributed by atoms with Crippen molar-refractivity contribution in [3.63, 3.8) is 0 Å². The average molecular weight is 196 g/mol. The number of hydrogen-bond donors (Lipinski definition) is 1. The molecule has 1 unspecified atom stereocenters. The zero-order valence-corrected chi connectivity index (χ0v) is 9.47. The molecule has 1 fully saturated rings. The highest BCUT2D eigenvalue weighted by Gasteiger charge is 2.19. The van der Waals surface area contributed by atoms with Gasteiger partial charge in [0.05, 0.1) is 0 Å². The third-order valence-electron chi connectivity index (χ3n) is 2.98. The first-order chi connectivity index (χ1) is 6.88. The van der Waals surface area contributed by atoms with Gasteiger partial charge in [0.25, 0.3) is 0 Å². The minimum atomic E-state index is 0.744. The Kier molecular flexibility index (Phi) is 5.88. The van der Waals surface area contributed by atoms with E-state index in [0.717, 1.165) is 25.7 Å². The van der Waals surface area contributed by atoms with E-state index in [1.165, 1.54) is 32.2 Å². The number of hydrogen-bond acceptors (Lipinski definition) is 2. The molecule has 1 saturated heterocycles. The van der Waals surface area contributed by atoms with Crippen LogP contribution in [-0.4, -0.2) is 37.1 Å². The van der Waals surface area contributed by atoms with E-state index in [1.54, 1.807) is 0 Å². The summed E-state index contributed by atoms with van der Waals surface area (Å²) in [6.45, 7) is 10.6. The van der Waals surface area contributed by atoms with Crippen LogP contribution in [0.3, 0.4) is 0 Å². The molecular weight excluding hydrogens is 172 g/mol. The molecule has 1 atom stereocenters. The van der Waals surface area contributed by atoms with E-state index in [-0.39, 0.29) is 0 Å². The largest absolute Gasteiger partial charge is 0.314 e. The van der Waals surface area contributed by atoms with Crippen molar-refractivity contribution in [2.24, 2.45) is 0 Å². The van der Waals surface area contributed by atoms with Crippen molar-refractivity contribution in [3.8, 4) is 0 Å². The Balaban J connectivity index is 2.26. The Labute approximate surface area is 88.4 Å². The summed E-state index contributed by atoms with van der Waals surface area (Å²) < 4.78 is 0. The summed E-state index contributed by atoms with van der Waals surface area (Å²) in [5, 5.41) is 3.47. The van der Waals surface area contributed by atoms with Crippen molar-refractivity contribution in [3.05, 3.63) is 12.7 Å². The van der Waals surface area contributed by atoms with Crippen molar-refractivity contribution in [2.45, 2.75) is 38.6 Å². The first kappa shape index (κ1) is 11.7. The molecule has 0 aromatic heterocycles. The maximum Gasteiger partial charge on any atom is 0.0224 e. The second-order valence-electron chi connectivity index (χ2n) is 4.14. The third-order valence-corrected chi connectivity index (χ3v) is 2.98. The lowest BCUT2D eigenvalue weighted by molar-refractivity contribution is 0.167. The molecule has 0 spiro atoms. The van der Waals surface area contributed by atoms with Crippen LogP contribution in [0.5, 0.6) is 0 Å². The number of rotatable bonds is 6. The maximum atomic E-state index is 3.82. The minimum absolute atomic E-state index is 0.744. The van der Waals surface area contributed by atoms with Gasteiger partial charge in [-0.2, -0.15) is 0 Å². The van der Waals surface area contributed by atoms with E-state index >= 15 is 0 Å². The van der Waals surface area contributed by atoms with Gasteiger partial charge in [-0.1, -0.05) is 32.3 Å². The number of nitrogens with zero attached hydrogens (tertiary/aromatic N) is 1. The van der Waals surface area contributed by atoms with Gasteiger partial charge >= 0.3 is 0 Å². The highest BCUT2D eigenvalue weighted by atomic mass is 15.2. The first-order valence-corrected chi connectivity index (χ1v) is 5.94. The fraction of sp³-hybridized carbons (Fsp3) is 0.833. The van der Waals surface area contributed by atoms with E-state index in [4.69, 9.17) is 0 Å². The minimum Gasteiger partial charge on any atom is -0.314 e. The molecule has 14 heavy (non-hydrogen) atoms. The lowest BCUT2D eigenvalue weighted by Crippen LogP contribution is -2.51. The molecular formula is C12H24N2. The monoisotopic (exact) mass is 196 g/mol. The van der Waals surface area contributed by atoms with Crippen LogP contribution in [0, 0.1) is 0 Å². The molecule has 0 aromatic rings. The molecule has 1 aliphatic heterocycles. The van der Waals surface area contributed by atoms with Crippen molar-refractivity contribution in [2.75, 3.05) is 26.2 Å². The molecule has 0 radical (unpaired) electrons. The topological polar surface area (TPSA) is 15.3 Å². The zero-order chi connectivity index (χ0) is 10.2. The van der Waals surface area contributed by atoms with Gasteiger partial charge in [-0.05, 0) is 6.42 Å². The highest BCUT2D eigenvalue weighted by Crippen LogP contribution is 2.11. The summed E-state index contributed by atoms with van der Waals surface area (Å²) in [5.41, 5.74) is 0. The summed E-state index contributed by atoms with van der Waals surface area (Å²) in [5.74, 6) is 0. The van der Waals surface area contributed by atoms with Crippen LogP contribution in [0.25, 0.3) is 0 Å². The fourth-order valence-corrected chi connectivity index (χ4v) is 2.12. The van der Waals surface area contributed by atoms with E-state index in [0.29, 0.717) is 0 Å². The molecule has 82 valence electrons. The predicted molar refractivity (Wildman–Crippen MR) is 62.6 cm³/mol. The van der Waals surface area contributed by atoms with E-state index in [1.807, 2.05) is 6.08 Å². The normalized spacial score (nSPS) is 23.6. The van der Waals surface area contributed by atoms with Crippen LogP contribution in [0.2, 0.25) is 0 Å². The standard InChI is InChI=1S/C12H24N2/c1-3-5-6-7-12-11-13-8-10-14(12)9-4-2/h4,12-13H,2-3,5-11H2,1H3. The molecule has 0 amide bonds. The van der Waals surface area contributed by atoms with Gasteiger partial charge in [0, 0.05) is 32.2 Å². The van der Waals surface area contributed by atoms with Crippen LogP contribution in [0.15, 0.2) is 12.7 Å². The molecule has 1 N–H and O–H groups in total. The van der Waals surface area contributed by atoms with Gasteiger partial charge in [0.2, 0.25) is 0 Å². The second kappa shape index (κ2) is 7.02. The maximum absolute atomic E-state index is 3.82. The predicted octanol–water partition coefficient (Wildman–Crippen LogP) is 2.03. The lowest BCUT2D eigenvalue weighted by Gasteiger charge is -2.35. The molecule has 2 heteroatoms. The van der Waals surface area contributed by atoms with Crippen LogP contribution in [0.1, 0.15) is 32.6 Å². The number of nitrogens with one attached hydrogen (secondary N) is 1. The number of unbranched alkanes of at least 4 members (excludes halogenated alkanes) is 2. The summed E-state index contributed by atoms with van der Waals surface area (Å²) >= 11 is 0. The lowest BCUT2D eigenvalue weighted by atomic mass is 10.1. The Bertz CT molecular complexity index is 156. The molecule has 0 bridgehead atoms. The molecule has 1 aliphatic rings. The SMILES string of the molecule is C=CCN1CCNCC1CCCCC. The Hall–Kier alpha value is -0.340. The Morgan fingerprint density at radius 2 is 2.36 bits per heavy atom. The van der Waals surface area contributed by atoms with Crippen molar-refractivity contribution in [1.82, 2.24) is 10.2 Å². The van der Waals surface area contributed by atoms with Gasteiger partial charge < -0.3 is 5.32 Å². The summed E-state index contributed by atoms with van der Waals surface area (Å²) in [6.07, 6.45) is 7.43. The zero-order valence-electron chi connectivity index (χ0n) is 9.47. The van der Waals surface area contributed by atoms with E-state index in [9.17, 15) is 0 Å². The van der Waals surface area contributed by atoms with Gasteiger partial charge in [0.15, 0.2) is 0 Å². The van der Waals surface area contributed by atoms with Crippen LogP contribution in [0.4, 0.5) is 0 Å². The number of piperazine rings is 1. The first-order valence-electron chi connectivity index (χ1n) is 5.94. The molecule has 1 rings (SSSR count). The van der Waals surface area contributed by atoms with Crippen LogP contribution >= 0.6 is 0 Å². The fourth-order valence-electron chi connectivity index (χ4n) is 2.12. The quantitative estimate of drug-likeness (QED) is 0.516. The summed E-state index contributed by atoms with van der Waals surface area (Å²) in [7, 11) is 0. The Morgan fingerprint density at radius 3 is 3.07 bits per heavy atom. The van der Waals surface area contributed by atoms with Crippen LogP contribution < -0.4 is 5.32 Å². The Morgan fingerprint density at radius 1 is 1.50 bits per heavy atom. The smallest absolute Gasteiger partial charge is 0.0224 e. The third kappa shape index (κ3) is 3.81.